The van der Waals surface area contributed by atoms with Crippen molar-refractivity contribution in [2.45, 2.75) is 25.4 Å². The molecular formula is C11H15N5O. The number of hydrogen-bond donors (Lipinski definition) is 2. The van der Waals surface area contributed by atoms with E-state index < -0.39 is 0 Å². The summed E-state index contributed by atoms with van der Waals surface area (Å²) in [6.07, 6.45) is 5.24. The van der Waals surface area contributed by atoms with E-state index in [2.05, 4.69) is 10.1 Å². The summed E-state index contributed by atoms with van der Waals surface area (Å²) in [4.78, 5) is 3.99. The summed E-state index contributed by atoms with van der Waals surface area (Å²) >= 11 is 0. The number of rotatable bonds is 2. The van der Waals surface area contributed by atoms with Crippen molar-refractivity contribution in [3.8, 4) is 0 Å². The molecule has 0 amide bonds. The Morgan fingerprint density at radius 2 is 2.35 bits per heavy atom. The molecule has 0 bridgehead atoms. The van der Waals surface area contributed by atoms with E-state index in [-0.39, 0.29) is 12.1 Å². The summed E-state index contributed by atoms with van der Waals surface area (Å²) in [6, 6.07) is 2.00. The standard InChI is InChI=1S/C11H15N5O/c12-10-9-7(6-8-2-1-5-17-8)3-4-16(9)15-11(13)14-10/h3-4,8H,1-2,5-6H2,(H4,12,13,14,15)/t8-/m0/s1. The third-order valence-electron chi connectivity index (χ3n) is 3.11. The fraction of sp³-hybridized carbons (Fsp3) is 0.455. The minimum Gasteiger partial charge on any atom is -0.382 e. The largest absolute Gasteiger partial charge is 0.382 e. The second-order valence-corrected chi connectivity index (χ2v) is 4.33. The van der Waals surface area contributed by atoms with Crippen LogP contribution in [0.1, 0.15) is 18.4 Å². The van der Waals surface area contributed by atoms with Crippen molar-refractivity contribution < 1.29 is 4.74 Å². The highest BCUT2D eigenvalue weighted by Crippen LogP contribution is 2.23. The molecule has 90 valence electrons. The third-order valence-corrected chi connectivity index (χ3v) is 3.11. The zero-order chi connectivity index (χ0) is 11.8. The number of fused-ring (bicyclic) bond motifs is 1. The number of nitrogen functional groups attached to an aromatic ring is 2. The lowest BCUT2D eigenvalue weighted by molar-refractivity contribution is 0.111. The Bertz CT molecular complexity index is 544. The van der Waals surface area contributed by atoms with Gasteiger partial charge in [-0.25, -0.2) is 4.52 Å². The van der Waals surface area contributed by atoms with Gasteiger partial charge in [-0.3, -0.25) is 0 Å². The van der Waals surface area contributed by atoms with Crippen LogP contribution in [0.25, 0.3) is 5.52 Å². The smallest absolute Gasteiger partial charge is 0.240 e. The molecule has 0 saturated carbocycles. The van der Waals surface area contributed by atoms with Crippen LogP contribution in [0.2, 0.25) is 0 Å². The van der Waals surface area contributed by atoms with Crippen LogP contribution in [0.15, 0.2) is 12.3 Å². The quantitative estimate of drug-likeness (QED) is 0.793. The maximum atomic E-state index is 5.88. The molecule has 0 spiro atoms. The van der Waals surface area contributed by atoms with Gasteiger partial charge in [0.15, 0.2) is 5.82 Å². The van der Waals surface area contributed by atoms with Crippen LogP contribution >= 0.6 is 0 Å². The summed E-state index contributed by atoms with van der Waals surface area (Å²) in [5, 5.41) is 4.09. The molecule has 1 saturated heterocycles. The molecule has 17 heavy (non-hydrogen) atoms. The SMILES string of the molecule is Nc1nc(N)c2c(C[C@@H]3CCCO3)ccn2n1. The van der Waals surface area contributed by atoms with E-state index in [9.17, 15) is 0 Å². The maximum absolute atomic E-state index is 5.88. The van der Waals surface area contributed by atoms with Gasteiger partial charge >= 0.3 is 0 Å². The number of aromatic nitrogens is 3. The van der Waals surface area contributed by atoms with E-state index in [1.165, 1.54) is 0 Å². The Hall–Kier alpha value is -1.82. The van der Waals surface area contributed by atoms with E-state index in [1.54, 1.807) is 4.52 Å². The summed E-state index contributed by atoms with van der Waals surface area (Å²) in [7, 11) is 0. The van der Waals surface area contributed by atoms with E-state index in [4.69, 9.17) is 16.2 Å². The minimum atomic E-state index is 0.189. The van der Waals surface area contributed by atoms with Crippen molar-refractivity contribution in [2.24, 2.45) is 0 Å². The van der Waals surface area contributed by atoms with Crippen LogP contribution in [0.4, 0.5) is 11.8 Å². The number of anilines is 2. The summed E-state index contributed by atoms with van der Waals surface area (Å²) in [6.45, 7) is 0.857. The van der Waals surface area contributed by atoms with Gasteiger partial charge in [-0.05, 0) is 24.5 Å². The van der Waals surface area contributed by atoms with Gasteiger partial charge < -0.3 is 16.2 Å². The molecule has 6 nitrogen and oxygen atoms in total. The van der Waals surface area contributed by atoms with Crippen LogP contribution < -0.4 is 11.5 Å². The molecular weight excluding hydrogens is 218 g/mol. The van der Waals surface area contributed by atoms with Gasteiger partial charge in [-0.1, -0.05) is 0 Å². The molecule has 0 aliphatic carbocycles. The number of nitrogens with zero attached hydrogens (tertiary/aromatic N) is 3. The maximum Gasteiger partial charge on any atom is 0.240 e. The molecule has 3 rings (SSSR count). The summed E-state index contributed by atoms with van der Waals surface area (Å²) < 4.78 is 7.31. The Labute approximate surface area is 98.6 Å². The second kappa shape index (κ2) is 3.89. The highest BCUT2D eigenvalue weighted by molar-refractivity contribution is 5.71. The van der Waals surface area contributed by atoms with Crippen molar-refractivity contribution in [3.63, 3.8) is 0 Å². The van der Waals surface area contributed by atoms with Crippen molar-refractivity contribution in [2.75, 3.05) is 18.1 Å². The van der Waals surface area contributed by atoms with E-state index in [0.717, 1.165) is 36.9 Å². The number of ether oxygens (including phenoxy) is 1. The lowest BCUT2D eigenvalue weighted by Crippen LogP contribution is -2.10. The van der Waals surface area contributed by atoms with E-state index >= 15 is 0 Å². The zero-order valence-electron chi connectivity index (χ0n) is 9.47. The van der Waals surface area contributed by atoms with Crippen LogP contribution in [-0.2, 0) is 11.2 Å². The minimum absolute atomic E-state index is 0.189. The molecule has 1 atom stereocenters. The van der Waals surface area contributed by atoms with Crippen LogP contribution in [0.3, 0.4) is 0 Å². The second-order valence-electron chi connectivity index (χ2n) is 4.33. The predicted octanol–water partition coefficient (Wildman–Crippen LogP) is 0.615. The van der Waals surface area contributed by atoms with Gasteiger partial charge in [-0.15, -0.1) is 5.10 Å². The van der Waals surface area contributed by atoms with Crippen molar-refractivity contribution in [3.05, 3.63) is 17.8 Å². The molecule has 0 radical (unpaired) electrons. The summed E-state index contributed by atoms with van der Waals surface area (Å²) in [5.41, 5.74) is 13.4. The van der Waals surface area contributed by atoms with Gasteiger partial charge in [0, 0.05) is 19.2 Å². The first kappa shape index (κ1) is 10.3. The molecule has 2 aromatic rings. The first-order valence-corrected chi connectivity index (χ1v) is 5.75. The average Bonchev–Trinajstić information content (AvgIpc) is 2.88. The van der Waals surface area contributed by atoms with Gasteiger partial charge in [0.25, 0.3) is 0 Å². The lowest BCUT2D eigenvalue weighted by Gasteiger charge is -2.08. The number of hydrogen-bond acceptors (Lipinski definition) is 5. The molecule has 1 aliphatic heterocycles. The highest BCUT2D eigenvalue weighted by atomic mass is 16.5. The van der Waals surface area contributed by atoms with Crippen molar-refractivity contribution >= 4 is 17.3 Å². The predicted molar refractivity (Wildman–Crippen MR) is 64.5 cm³/mol. The molecule has 1 aliphatic rings. The van der Waals surface area contributed by atoms with E-state index in [1.807, 2.05) is 12.3 Å². The highest BCUT2D eigenvalue weighted by Gasteiger charge is 2.19. The third kappa shape index (κ3) is 1.80. The number of nitrogens with two attached hydrogens (primary N) is 2. The fourth-order valence-electron chi connectivity index (χ4n) is 2.35. The van der Waals surface area contributed by atoms with Crippen LogP contribution in [0.5, 0.6) is 0 Å². The van der Waals surface area contributed by atoms with Crippen molar-refractivity contribution in [1.29, 1.82) is 0 Å². The molecule has 1 fully saturated rings. The molecule has 2 aromatic heterocycles. The Morgan fingerprint density at radius 1 is 1.47 bits per heavy atom. The molecule has 3 heterocycles. The van der Waals surface area contributed by atoms with E-state index in [0.29, 0.717) is 5.82 Å². The van der Waals surface area contributed by atoms with Gasteiger partial charge in [0.05, 0.1) is 6.10 Å². The van der Waals surface area contributed by atoms with Gasteiger partial charge in [-0.2, -0.15) is 4.98 Å². The summed E-state index contributed by atoms with van der Waals surface area (Å²) in [5.74, 6) is 0.616. The van der Waals surface area contributed by atoms with Gasteiger partial charge in [0.2, 0.25) is 5.95 Å². The van der Waals surface area contributed by atoms with Crippen LogP contribution in [0, 0.1) is 0 Å². The first-order chi connectivity index (χ1) is 8.24. The Kier molecular flexibility index (Phi) is 2.36. The normalized spacial score (nSPS) is 20.1. The topological polar surface area (TPSA) is 91.5 Å². The van der Waals surface area contributed by atoms with Crippen molar-refractivity contribution in [1.82, 2.24) is 14.6 Å². The molecule has 0 aromatic carbocycles. The zero-order valence-corrected chi connectivity index (χ0v) is 9.47. The Balaban J connectivity index is 1.99. The Morgan fingerprint density at radius 3 is 3.12 bits per heavy atom. The lowest BCUT2D eigenvalue weighted by atomic mass is 10.1. The van der Waals surface area contributed by atoms with Gasteiger partial charge in [0.1, 0.15) is 5.52 Å². The fourth-order valence-corrected chi connectivity index (χ4v) is 2.35. The van der Waals surface area contributed by atoms with Crippen LogP contribution in [-0.4, -0.2) is 27.3 Å². The average molecular weight is 233 g/mol. The first-order valence-electron chi connectivity index (χ1n) is 5.75. The molecule has 0 unspecified atom stereocenters. The molecule has 6 heteroatoms. The molecule has 4 N–H and O–H groups in total. The monoisotopic (exact) mass is 233 g/mol.